The van der Waals surface area contributed by atoms with E-state index in [1.165, 1.54) is 0 Å². The first-order valence-corrected chi connectivity index (χ1v) is 8.21. The number of carbonyl (C=O) groups is 1. The molecule has 2 aromatic carbocycles. The van der Waals surface area contributed by atoms with Crippen LogP contribution in [0.3, 0.4) is 0 Å². The predicted molar refractivity (Wildman–Crippen MR) is 97.3 cm³/mol. The van der Waals surface area contributed by atoms with E-state index in [4.69, 9.17) is 21.1 Å². The zero-order valence-corrected chi connectivity index (χ0v) is 14.7. The Bertz CT molecular complexity index is 908. The summed E-state index contributed by atoms with van der Waals surface area (Å²) in [6, 6.07) is 10.9. The van der Waals surface area contributed by atoms with Gasteiger partial charge in [0, 0.05) is 17.1 Å². The molecule has 0 atom stereocenters. The number of halogens is 1. The topological polar surface area (TPSA) is 76.2 Å². The van der Waals surface area contributed by atoms with Crippen molar-refractivity contribution in [3.05, 3.63) is 41.4 Å². The summed E-state index contributed by atoms with van der Waals surface area (Å²) in [6.07, 6.45) is 0. The summed E-state index contributed by atoms with van der Waals surface area (Å²) in [6.45, 7) is 2.36. The highest BCUT2D eigenvalue weighted by Gasteiger charge is 2.12. The summed E-state index contributed by atoms with van der Waals surface area (Å²) >= 11 is 6.01. The van der Waals surface area contributed by atoms with Crippen molar-refractivity contribution in [2.75, 3.05) is 20.3 Å². The van der Waals surface area contributed by atoms with Crippen molar-refractivity contribution in [2.45, 2.75) is 6.92 Å². The van der Waals surface area contributed by atoms with E-state index in [0.717, 1.165) is 16.6 Å². The molecule has 0 aliphatic carbocycles. The Kier molecular flexibility index (Phi) is 5.09. The van der Waals surface area contributed by atoms with Gasteiger partial charge in [0.05, 0.1) is 18.1 Å². The molecule has 0 spiro atoms. The molecule has 1 aromatic heterocycles. The Balaban J connectivity index is 1.85. The van der Waals surface area contributed by atoms with Crippen molar-refractivity contribution < 1.29 is 14.3 Å². The number of rotatable bonds is 6. The van der Waals surface area contributed by atoms with Gasteiger partial charge in [0.15, 0.2) is 18.1 Å². The van der Waals surface area contributed by atoms with E-state index >= 15 is 0 Å². The number of likely N-dealkylation sites (N-methyl/N-ethyl adjacent to an activating group) is 1. The number of nitrogens with one attached hydrogen (secondary N) is 2. The van der Waals surface area contributed by atoms with Crippen molar-refractivity contribution in [2.24, 2.45) is 0 Å². The second-order valence-corrected chi connectivity index (χ2v) is 5.79. The van der Waals surface area contributed by atoms with Gasteiger partial charge in [-0.2, -0.15) is 0 Å². The van der Waals surface area contributed by atoms with Crippen molar-refractivity contribution in [3.8, 4) is 22.9 Å². The number of hydrogen-bond donors (Lipinski definition) is 2. The van der Waals surface area contributed by atoms with Gasteiger partial charge < -0.3 is 19.8 Å². The number of benzene rings is 2. The molecule has 0 saturated heterocycles. The molecule has 0 saturated carbocycles. The van der Waals surface area contributed by atoms with Gasteiger partial charge in [0.1, 0.15) is 5.82 Å². The SMILES string of the molecule is CCNC(=O)COc1ccc(-c2nc3ccc(Cl)cc3[nH]2)cc1OC. The number of carbonyl (C=O) groups excluding carboxylic acids is 1. The van der Waals surface area contributed by atoms with E-state index in [1.807, 2.05) is 31.2 Å². The molecule has 0 aliphatic heterocycles. The molecule has 7 heteroatoms. The number of amides is 1. The molecule has 0 bridgehead atoms. The molecule has 130 valence electrons. The minimum Gasteiger partial charge on any atom is -0.493 e. The van der Waals surface area contributed by atoms with Crippen LogP contribution in [0.2, 0.25) is 5.02 Å². The Morgan fingerprint density at radius 1 is 1.24 bits per heavy atom. The van der Waals surface area contributed by atoms with Crippen LogP contribution in [0.5, 0.6) is 11.5 Å². The molecule has 3 aromatic rings. The van der Waals surface area contributed by atoms with Crippen molar-refractivity contribution >= 4 is 28.5 Å². The third kappa shape index (κ3) is 3.85. The number of hydrogen-bond acceptors (Lipinski definition) is 4. The third-order valence-corrected chi connectivity index (χ3v) is 3.85. The summed E-state index contributed by atoms with van der Waals surface area (Å²) in [4.78, 5) is 19.3. The lowest BCUT2D eigenvalue weighted by Crippen LogP contribution is -2.28. The molecule has 0 radical (unpaired) electrons. The van der Waals surface area contributed by atoms with Crippen LogP contribution >= 0.6 is 11.6 Å². The van der Waals surface area contributed by atoms with E-state index in [1.54, 1.807) is 19.2 Å². The van der Waals surface area contributed by atoms with Crippen LogP contribution in [0.25, 0.3) is 22.4 Å². The van der Waals surface area contributed by atoms with E-state index in [2.05, 4.69) is 15.3 Å². The number of nitrogens with zero attached hydrogens (tertiary/aromatic N) is 1. The Morgan fingerprint density at radius 2 is 2.08 bits per heavy atom. The first kappa shape index (κ1) is 17.1. The molecular formula is C18H18ClN3O3. The molecule has 1 amide bonds. The van der Waals surface area contributed by atoms with Gasteiger partial charge in [-0.1, -0.05) is 11.6 Å². The van der Waals surface area contributed by atoms with Crippen LogP contribution in [-0.2, 0) is 4.79 Å². The van der Waals surface area contributed by atoms with E-state index < -0.39 is 0 Å². The second kappa shape index (κ2) is 7.44. The lowest BCUT2D eigenvalue weighted by molar-refractivity contribution is -0.123. The van der Waals surface area contributed by atoms with Gasteiger partial charge in [0.2, 0.25) is 0 Å². The molecular weight excluding hydrogens is 342 g/mol. The molecule has 1 heterocycles. The Morgan fingerprint density at radius 3 is 2.84 bits per heavy atom. The fourth-order valence-electron chi connectivity index (χ4n) is 2.44. The average Bonchev–Trinajstić information content (AvgIpc) is 3.03. The summed E-state index contributed by atoms with van der Waals surface area (Å²) in [5.74, 6) is 1.55. The molecule has 0 unspecified atom stereocenters. The number of H-pyrrole nitrogens is 1. The highest BCUT2D eigenvalue weighted by Crippen LogP contribution is 2.32. The average molecular weight is 360 g/mol. The smallest absolute Gasteiger partial charge is 0.257 e. The van der Waals surface area contributed by atoms with Crippen LogP contribution in [0.15, 0.2) is 36.4 Å². The number of aromatic amines is 1. The molecule has 3 rings (SSSR count). The number of methoxy groups -OCH3 is 1. The monoisotopic (exact) mass is 359 g/mol. The lowest BCUT2D eigenvalue weighted by atomic mass is 10.2. The number of fused-ring (bicyclic) bond motifs is 1. The predicted octanol–water partition coefficient (Wildman–Crippen LogP) is 3.41. The summed E-state index contributed by atoms with van der Waals surface area (Å²) in [7, 11) is 1.55. The third-order valence-electron chi connectivity index (χ3n) is 3.61. The normalized spacial score (nSPS) is 10.7. The first-order chi connectivity index (χ1) is 12.1. The van der Waals surface area contributed by atoms with Gasteiger partial charge in [-0.15, -0.1) is 0 Å². The molecule has 0 fully saturated rings. The number of ether oxygens (including phenoxy) is 2. The lowest BCUT2D eigenvalue weighted by Gasteiger charge is -2.11. The van der Waals surface area contributed by atoms with Crippen LogP contribution in [0.4, 0.5) is 0 Å². The van der Waals surface area contributed by atoms with Crippen LogP contribution in [0.1, 0.15) is 6.92 Å². The maximum atomic E-state index is 11.5. The maximum absolute atomic E-state index is 11.5. The molecule has 0 aliphatic rings. The number of imidazole rings is 1. The van der Waals surface area contributed by atoms with Gasteiger partial charge >= 0.3 is 0 Å². The molecule has 2 N–H and O–H groups in total. The zero-order chi connectivity index (χ0) is 17.8. The van der Waals surface area contributed by atoms with Crippen molar-refractivity contribution in [3.63, 3.8) is 0 Å². The fraction of sp³-hybridized carbons (Fsp3) is 0.222. The second-order valence-electron chi connectivity index (χ2n) is 5.35. The van der Waals surface area contributed by atoms with Crippen LogP contribution in [-0.4, -0.2) is 36.1 Å². The van der Waals surface area contributed by atoms with E-state index in [-0.39, 0.29) is 12.5 Å². The van der Waals surface area contributed by atoms with Crippen molar-refractivity contribution in [1.29, 1.82) is 0 Å². The minimum absolute atomic E-state index is 0.0628. The zero-order valence-electron chi connectivity index (χ0n) is 13.9. The largest absolute Gasteiger partial charge is 0.493 e. The first-order valence-electron chi connectivity index (χ1n) is 7.84. The molecule has 25 heavy (non-hydrogen) atoms. The minimum atomic E-state index is -0.178. The summed E-state index contributed by atoms with van der Waals surface area (Å²) in [5.41, 5.74) is 2.53. The summed E-state index contributed by atoms with van der Waals surface area (Å²) in [5, 5.41) is 3.33. The quantitative estimate of drug-likeness (QED) is 0.707. The Hall–Kier alpha value is -2.73. The highest BCUT2D eigenvalue weighted by molar-refractivity contribution is 6.31. The van der Waals surface area contributed by atoms with E-state index in [0.29, 0.717) is 28.9 Å². The van der Waals surface area contributed by atoms with Crippen LogP contribution < -0.4 is 14.8 Å². The Labute approximate surface area is 150 Å². The van der Waals surface area contributed by atoms with Crippen LogP contribution in [0, 0.1) is 0 Å². The van der Waals surface area contributed by atoms with E-state index in [9.17, 15) is 4.79 Å². The number of aromatic nitrogens is 2. The van der Waals surface area contributed by atoms with Crippen molar-refractivity contribution in [1.82, 2.24) is 15.3 Å². The molecule has 6 nitrogen and oxygen atoms in total. The van der Waals surface area contributed by atoms with Gasteiger partial charge in [-0.05, 0) is 43.3 Å². The maximum Gasteiger partial charge on any atom is 0.257 e. The summed E-state index contributed by atoms with van der Waals surface area (Å²) < 4.78 is 10.9. The van der Waals surface area contributed by atoms with Gasteiger partial charge in [-0.25, -0.2) is 4.98 Å². The highest BCUT2D eigenvalue weighted by atomic mass is 35.5. The van der Waals surface area contributed by atoms with Gasteiger partial charge in [0.25, 0.3) is 5.91 Å². The van der Waals surface area contributed by atoms with Gasteiger partial charge in [-0.3, -0.25) is 4.79 Å². The fourth-order valence-corrected chi connectivity index (χ4v) is 2.62. The standard InChI is InChI=1S/C18H18ClN3O3/c1-3-20-17(23)10-25-15-7-4-11(8-16(15)24-2)18-21-13-6-5-12(19)9-14(13)22-18/h4-9H,3,10H2,1-2H3,(H,20,23)(H,21,22).